The van der Waals surface area contributed by atoms with Crippen molar-refractivity contribution in [1.29, 1.82) is 0 Å². The number of hydrogen-bond acceptors (Lipinski definition) is 2. The maximum atomic E-state index is 10.7. The van der Waals surface area contributed by atoms with Crippen molar-refractivity contribution in [3.63, 3.8) is 0 Å². The zero-order valence-electron chi connectivity index (χ0n) is 7.81. The Hall–Kier alpha value is -1.35. The maximum Gasteiger partial charge on any atom is 0.320 e. The first-order chi connectivity index (χ1) is 6.77. The second-order valence-electron chi connectivity index (χ2n) is 3.60. The van der Waals surface area contributed by atoms with E-state index in [4.69, 9.17) is 5.11 Å². The fourth-order valence-corrected chi connectivity index (χ4v) is 1.89. The molecule has 1 fully saturated rings. The SMILES string of the molecule is O=C(O)[C@H]1CC[C@H](c2ccccc2)N1. The molecule has 14 heavy (non-hydrogen) atoms. The Balaban J connectivity index is 2.06. The van der Waals surface area contributed by atoms with Crippen molar-refractivity contribution in [2.24, 2.45) is 0 Å². The molecule has 0 aliphatic carbocycles. The Kier molecular flexibility index (Phi) is 2.50. The molecule has 0 bridgehead atoms. The minimum Gasteiger partial charge on any atom is -0.480 e. The van der Waals surface area contributed by atoms with Crippen LogP contribution in [0.4, 0.5) is 0 Å². The molecule has 1 aromatic carbocycles. The van der Waals surface area contributed by atoms with Crippen LogP contribution in [0.15, 0.2) is 30.3 Å². The van der Waals surface area contributed by atoms with E-state index in [1.165, 1.54) is 5.56 Å². The third-order valence-electron chi connectivity index (χ3n) is 2.65. The lowest BCUT2D eigenvalue weighted by Gasteiger charge is -2.11. The molecule has 0 saturated carbocycles. The van der Waals surface area contributed by atoms with Crippen molar-refractivity contribution in [2.45, 2.75) is 24.9 Å². The molecular formula is C11H13NO2. The van der Waals surface area contributed by atoms with E-state index in [0.29, 0.717) is 0 Å². The van der Waals surface area contributed by atoms with Crippen molar-refractivity contribution < 1.29 is 9.90 Å². The average Bonchev–Trinajstić information content (AvgIpc) is 2.68. The summed E-state index contributed by atoms with van der Waals surface area (Å²) in [6.07, 6.45) is 1.62. The number of benzene rings is 1. The van der Waals surface area contributed by atoms with Crippen LogP contribution in [-0.2, 0) is 4.79 Å². The highest BCUT2D eigenvalue weighted by molar-refractivity contribution is 5.73. The van der Waals surface area contributed by atoms with Crippen molar-refractivity contribution in [2.75, 3.05) is 0 Å². The van der Waals surface area contributed by atoms with Crippen molar-refractivity contribution >= 4 is 5.97 Å². The molecule has 0 aromatic heterocycles. The smallest absolute Gasteiger partial charge is 0.320 e. The first-order valence-electron chi connectivity index (χ1n) is 4.81. The fraction of sp³-hybridized carbons (Fsp3) is 0.364. The molecule has 3 heteroatoms. The van der Waals surface area contributed by atoms with Crippen LogP contribution in [0.1, 0.15) is 24.4 Å². The van der Waals surface area contributed by atoms with Crippen molar-refractivity contribution in [1.82, 2.24) is 5.32 Å². The number of carboxylic acid groups (broad SMARTS) is 1. The van der Waals surface area contributed by atoms with Crippen molar-refractivity contribution in [3.05, 3.63) is 35.9 Å². The predicted octanol–water partition coefficient (Wildman–Crippen LogP) is 1.56. The van der Waals surface area contributed by atoms with Gasteiger partial charge in [-0.3, -0.25) is 10.1 Å². The lowest BCUT2D eigenvalue weighted by Crippen LogP contribution is -2.31. The van der Waals surface area contributed by atoms with Gasteiger partial charge in [0.25, 0.3) is 0 Å². The summed E-state index contributed by atoms with van der Waals surface area (Å²) < 4.78 is 0. The molecular weight excluding hydrogens is 178 g/mol. The summed E-state index contributed by atoms with van der Waals surface area (Å²) in [5.74, 6) is -0.747. The molecule has 2 N–H and O–H groups in total. The average molecular weight is 191 g/mol. The number of nitrogens with one attached hydrogen (secondary N) is 1. The van der Waals surface area contributed by atoms with Gasteiger partial charge in [-0.05, 0) is 18.4 Å². The van der Waals surface area contributed by atoms with E-state index >= 15 is 0 Å². The minimum absolute atomic E-state index is 0.206. The molecule has 0 unspecified atom stereocenters. The minimum atomic E-state index is -0.747. The second kappa shape index (κ2) is 3.80. The van der Waals surface area contributed by atoms with Gasteiger partial charge < -0.3 is 5.11 Å². The molecule has 2 rings (SSSR count). The van der Waals surface area contributed by atoms with Gasteiger partial charge in [0, 0.05) is 6.04 Å². The number of rotatable bonds is 2. The lowest BCUT2D eigenvalue weighted by molar-refractivity contribution is -0.139. The molecule has 0 radical (unpaired) electrons. The highest BCUT2D eigenvalue weighted by Crippen LogP contribution is 2.26. The van der Waals surface area contributed by atoms with Gasteiger partial charge in [0.15, 0.2) is 0 Å². The number of aliphatic carboxylic acids is 1. The van der Waals surface area contributed by atoms with Gasteiger partial charge in [-0.2, -0.15) is 0 Å². The van der Waals surface area contributed by atoms with Crippen LogP contribution in [0.3, 0.4) is 0 Å². The molecule has 0 spiro atoms. The van der Waals surface area contributed by atoms with Gasteiger partial charge in [-0.15, -0.1) is 0 Å². The van der Waals surface area contributed by atoms with E-state index in [0.717, 1.165) is 12.8 Å². The zero-order valence-corrected chi connectivity index (χ0v) is 7.81. The maximum absolute atomic E-state index is 10.7. The van der Waals surface area contributed by atoms with Crippen LogP contribution >= 0.6 is 0 Å². The number of hydrogen-bond donors (Lipinski definition) is 2. The summed E-state index contributed by atoms with van der Waals surface area (Å²) >= 11 is 0. The summed E-state index contributed by atoms with van der Waals surface area (Å²) in [6.45, 7) is 0. The molecule has 0 amide bonds. The van der Waals surface area contributed by atoms with Crippen LogP contribution in [-0.4, -0.2) is 17.1 Å². The summed E-state index contributed by atoms with van der Waals surface area (Å²) in [4.78, 5) is 10.7. The van der Waals surface area contributed by atoms with Gasteiger partial charge >= 0.3 is 5.97 Å². The van der Waals surface area contributed by atoms with Crippen LogP contribution in [0.2, 0.25) is 0 Å². The molecule has 74 valence electrons. The van der Waals surface area contributed by atoms with E-state index in [-0.39, 0.29) is 12.1 Å². The van der Waals surface area contributed by atoms with E-state index in [9.17, 15) is 4.79 Å². The summed E-state index contributed by atoms with van der Waals surface area (Å²) in [7, 11) is 0. The summed E-state index contributed by atoms with van der Waals surface area (Å²) in [5.41, 5.74) is 1.18. The summed E-state index contributed by atoms with van der Waals surface area (Å²) in [6, 6.07) is 9.81. The fourth-order valence-electron chi connectivity index (χ4n) is 1.89. The zero-order chi connectivity index (χ0) is 9.97. The largest absolute Gasteiger partial charge is 0.480 e. The van der Waals surface area contributed by atoms with E-state index in [2.05, 4.69) is 5.32 Å². The van der Waals surface area contributed by atoms with Crippen LogP contribution in [0, 0.1) is 0 Å². The first kappa shape index (κ1) is 9.21. The molecule has 1 heterocycles. The van der Waals surface area contributed by atoms with Crippen LogP contribution in [0.25, 0.3) is 0 Å². The third kappa shape index (κ3) is 1.77. The van der Waals surface area contributed by atoms with Gasteiger partial charge in [-0.1, -0.05) is 30.3 Å². The molecule has 3 nitrogen and oxygen atoms in total. The number of carbonyl (C=O) groups is 1. The first-order valence-corrected chi connectivity index (χ1v) is 4.81. The van der Waals surface area contributed by atoms with Gasteiger partial charge in [0.05, 0.1) is 0 Å². The quantitative estimate of drug-likeness (QED) is 0.746. The Morgan fingerprint density at radius 1 is 1.29 bits per heavy atom. The van der Waals surface area contributed by atoms with Crippen LogP contribution in [0.5, 0.6) is 0 Å². The normalized spacial score (nSPS) is 26.3. The lowest BCUT2D eigenvalue weighted by atomic mass is 10.1. The molecule has 1 aromatic rings. The van der Waals surface area contributed by atoms with E-state index in [1.54, 1.807) is 0 Å². The Morgan fingerprint density at radius 3 is 2.57 bits per heavy atom. The van der Waals surface area contributed by atoms with Gasteiger partial charge in [-0.25, -0.2) is 0 Å². The van der Waals surface area contributed by atoms with Crippen LogP contribution < -0.4 is 5.32 Å². The Morgan fingerprint density at radius 2 is 2.00 bits per heavy atom. The standard InChI is InChI=1S/C11H13NO2/c13-11(14)10-7-6-9(12-10)8-4-2-1-3-5-8/h1-5,9-10,12H,6-7H2,(H,13,14)/t9-,10-/m1/s1. The van der Waals surface area contributed by atoms with E-state index in [1.807, 2.05) is 30.3 Å². The summed E-state index contributed by atoms with van der Waals surface area (Å²) in [5, 5.41) is 11.9. The third-order valence-corrected chi connectivity index (χ3v) is 2.65. The molecule has 1 saturated heterocycles. The molecule has 1 aliphatic rings. The highest BCUT2D eigenvalue weighted by Gasteiger charge is 2.29. The molecule has 2 atom stereocenters. The predicted molar refractivity (Wildman–Crippen MR) is 53.0 cm³/mol. The Bertz CT molecular complexity index is 323. The topological polar surface area (TPSA) is 49.3 Å². The van der Waals surface area contributed by atoms with E-state index < -0.39 is 5.97 Å². The monoisotopic (exact) mass is 191 g/mol. The van der Waals surface area contributed by atoms with Gasteiger partial charge in [0.1, 0.15) is 6.04 Å². The van der Waals surface area contributed by atoms with Gasteiger partial charge in [0.2, 0.25) is 0 Å². The Labute approximate surface area is 82.8 Å². The second-order valence-corrected chi connectivity index (χ2v) is 3.60. The highest BCUT2D eigenvalue weighted by atomic mass is 16.4. The number of carboxylic acids is 1. The van der Waals surface area contributed by atoms with Crippen molar-refractivity contribution in [3.8, 4) is 0 Å². The molecule has 1 aliphatic heterocycles.